The van der Waals surface area contributed by atoms with Gasteiger partial charge in [0.15, 0.2) is 6.10 Å². The van der Waals surface area contributed by atoms with E-state index in [1.54, 1.807) is 6.07 Å². The Balaban J connectivity index is 2.85. The number of hydrogen-bond donors (Lipinski definition) is 1. The highest BCUT2D eigenvalue weighted by atomic mass is 79.9. The summed E-state index contributed by atoms with van der Waals surface area (Å²) in [7, 11) is 0. The zero-order valence-electron chi connectivity index (χ0n) is 6.22. The summed E-state index contributed by atoms with van der Waals surface area (Å²) in [5.41, 5.74) is 0. The number of aliphatic hydroxyl groups is 1. The smallest absolute Gasteiger partial charge is 0.275 e. The van der Waals surface area contributed by atoms with Gasteiger partial charge in [0.25, 0.3) is 5.92 Å². The van der Waals surface area contributed by atoms with Crippen molar-refractivity contribution in [3.63, 3.8) is 0 Å². The van der Waals surface area contributed by atoms with Crippen molar-refractivity contribution in [2.45, 2.75) is 19.0 Å². The molecule has 0 saturated carbocycles. The molecule has 0 amide bonds. The van der Waals surface area contributed by atoms with Crippen LogP contribution < -0.4 is 0 Å². The second-order valence-corrected chi connectivity index (χ2v) is 5.00. The van der Waals surface area contributed by atoms with E-state index in [4.69, 9.17) is 5.11 Å². The standard InChI is InChI=1S/C7H7BrF2OS/c1-7(9,10)6(11)4-2-3-5(8)12-4/h2-3,6,11H,1H3. The van der Waals surface area contributed by atoms with E-state index < -0.39 is 12.0 Å². The largest absolute Gasteiger partial charge is 0.381 e. The Bertz CT molecular complexity index is 269. The Kier molecular flexibility index (Phi) is 2.85. The van der Waals surface area contributed by atoms with Crippen LogP contribution in [0.1, 0.15) is 17.9 Å². The summed E-state index contributed by atoms with van der Waals surface area (Å²) in [5, 5.41) is 9.11. The van der Waals surface area contributed by atoms with Gasteiger partial charge in [-0.1, -0.05) is 0 Å². The van der Waals surface area contributed by atoms with Gasteiger partial charge in [0.1, 0.15) is 0 Å². The average Bonchev–Trinajstić information content (AvgIpc) is 2.32. The van der Waals surface area contributed by atoms with Crippen molar-refractivity contribution in [1.29, 1.82) is 0 Å². The predicted octanol–water partition coefficient (Wildman–Crippen LogP) is 3.20. The van der Waals surface area contributed by atoms with Crippen LogP contribution in [0, 0.1) is 0 Å². The van der Waals surface area contributed by atoms with Crippen LogP contribution in [0.15, 0.2) is 15.9 Å². The first-order valence-corrected chi connectivity index (χ1v) is 4.83. The van der Waals surface area contributed by atoms with E-state index in [1.165, 1.54) is 6.07 Å². The Morgan fingerprint density at radius 3 is 2.50 bits per heavy atom. The molecule has 1 nitrogen and oxygen atoms in total. The molecule has 1 unspecified atom stereocenters. The van der Waals surface area contributed by atoms with Crippen molar-refractivity contribution in [3.05, 3.63) is 20.8 Å². The first kappa shape index (κ1) is 10.1. The topological polar surface area (TPSA) is 20.2 Å². The molecular weight excluding hydrogens is 250 g/mol. The molecule has 1 aromatic rings. The van der Waals surface area contributed by atoms with Crippen LogP contribution in [-0.4, -0.2) is 11.0 Å². The van der Waals surface area contributed by atoms with Crippen LogP contribution in [-0.2, 0) is 0 Å². The maximum absolute atomic E-state index is 12.6. The van der Waals surface area contributed by atoms with Crippen molar-refractivity contribution in [2.75, 3.05) is 0 Å². The van der Waals surface area contributed by atoms with Crippen molar-refractivity contribution >= 4 is 27.3 Å². The number of hydrogen-bond acceptors (Lipinski definition) is 2. The van der Waals surface area contributed by atoms with E-state index in [-0.39, 0.29) is 4.88 Å². The molecule has 0 fully saturated rings. The highest BCUT2D eigenvalue weighted by molar-refractivity contribution is 9.11. The lowest BCUT2D eigenvalue weighted by atomic mass is 10.2. The van der Waals surface area contributed by atoms with E-state index in [0.29, 0.717) is 6.92 Å². The first-order valence-electron chi connectivity index (χ1n) is 3.22. The maximum atomic E-state index is 12.6. The quantitative estimate of drug-likeness (QED) is 0.862. The minimum absolute atomic E-state index is 0.273. The molecule has 0 aliphatic heterocycles. The van der Waals surface area contributed by atoms with Gasteiger partial charge < -0.3 is 5.11 Å². The summed E-state index contributed by atoms with van der Waals surface area (Å²) in [6.45, 7) is 0.700. The van der Waals surface area contributed by atoms with Gasteiger partial charge in [0.05, 0.1) is 3.79 Å². The molecule has 1 atom stereocenters. The fourth-order valence-electron chi connectivity index (χ4n) is 0.725. The monoisotopic (exact) mass is 256 g/mol. The summed E-state index contributed by atoms with van der Waals surface area (Å²) < 4.78 is 25.8. The molecule has 0 spiro atoms. The Morgan fingerprint density at radius 2 is 2.17 bits per heavy atom. The lowest BCUT2D eigenvalue weighted by Crippen LogP contribution is -2.20. The van der Waals surface area contributed by atoms with E-state index in [9.17, 15) is 8.78 Å². The number of aliphatic hydroxyl groups excluding tert-OH is 1. The van der Waals surface area contributed by atoms with Gasteiger partial charge in [0, 0.05) is 11.8 Å². The lowest BCUT2D eigenvalue weighted by molar-refractivity contribution is -0.0938. The summed E-state index contributed by atoms with van der Waals surface area (Å²) in [4.78, 5) is 0.273. The first-order chi connectivity index (χ1) is 5.41. The molecule has 12 heavy (non-hydrogen) atoms. The van der Waals surface area contributed by atoms with Crippen LogP contribution in [0.5, 0.6) is 0 Å². The minimum Gasteiger partial charge on any atom is -0.381 e. The highest BCUT2D eigenvalue weighted by Crippen LogP contribution is 2.35. The van der Waals surface area contributed by atoms with Crippen molar-refractivity contribution in [2.24, 2.45) is 0 Å². The third-order valence-electron chi connectivity index (χ3n) is 1.34. The maximum Gasteiger partial charge on any atom is 0.275 e. The Morgan fingerprint density at radius 1 is 1.58 bits per heavy atom. The van der Waals surface area contributed by atoms with E-state index in [2.05, 4.69) is 15.9 Å². The fraction of sp³-hybridized carbons (Fsp3) is 0.429. The molecule has 68 valence electrons. The molecule has 5 heteroatoms. The van der Waals surface area contributed by atoms with Crippen molar-refractivity contribution < 1.29 is 13.9 Å². The number of rotatable bonds is 2. The van der Waals surface area contributed by atoms with Crippen LogP contribution in [0.3, 0.4) is 0 Å². The van der Waals surface area contributed by atoms with Gasteiger partial charge in [-0.05, 0) is 28.1 Å². The fourth-order valence-corrected chi connectivity index (χ4v) is 2.23. The summed E-state index contributed by atoms with van der Waals surface area (Å²) >= 11 is 4.24. The highest BCUT2D eigenvalue weighted by Gasteiger charge is 2.34. The molecule has 0 aromatic carbocycles. The summed E-state index contributed by atoms with van der Waals surface area (Å²) in [5.74, 6) is -3.08. The molecule has 1 rings (SSSR count). The number of halogens is 3. The van der Waals surface area contributed by atoms with E-state index in [0.717, 1.165) is 15.1 Å². The summed E-state index contributed by atoms with van der Waals surface area (Å²) in [6, 6.07) is 3.12. The molecular formula is C7H7BrF2OS. The molecule has 0 bridgehead atoms. The number of thiophene rings is 1. The third kappa shape index (κ3) is 2.24. The molecule has 1 heterocycles. The molecule has 1 aromatic heterocycles. The average molecular weight is 257 g/mol. The van der Waals surface area contributed by atoms with Gasteiger partial charge in [-0.15, -0.1) is 11.3 Å². The van der Waals surface area contributed by atoms with Gasteiger partial charge in [-0.3, -0.25) is 0 Å². The SMILES string of the molecule is CC(F)(F)C(O)c1ccc(Br)s1. The van der Waals surface area contributed by atoms with Crippen molar-refractivity contribution in [1.82, 2.24) is 0 Å². The van der Waals surface area contributed by atoms with Gasteiger partial charge >= 0.3 is 0 Å². The van der Waals surface area contributed by atoms with Gasteiger partial charge in [-0.25, -0.2) is 8.78 Å². The Labute approximate surface area is 81.2 Å². The van der Waals surface area contributed by atoms with Gasteiger partial charge in [0.2, 0.25) is 0 Å². The Hall–Kier alpha value is -0.0000000000000000833. The van der Waals surface area contributed by atoms with Crippen LogP contribution in [0.4, 0.5) is 8.78 Å². The van der Waals surface area contributed by atoms with Crippen molar-refractivity contribution in [3.8, 4) is 0 Å². The lowest BCUT2D eigenvalue weighted by Gasteiger charge is -2.15. The second kappa shape index (κ2) is 3.40. The molecule has 1 N–H and O–H groups in total. The molecule has 0 saturated heterocycles. The zero-order chi connectivity index (χ0) is 9.35. The molecule has 0 aliphatic rings. The number of alkyl halides is 2. The predicted molar refractivity (Wildman–Crippen MR) is 47.6 cm³/mol. The van der Waals surface area contributed by atoms with E-state index >= 15 is 0 Å². The third-order valence-corrected chi connectivity index (χ3v) is 3.02. The van der Waals surface area contributed by atoms with Crippen LogP contribution in [0.25, 0.3) is 0 Å². The normalized spacial score (nSPS) is 14.8. The minimum atomic E-state index is -3.08. The summed E-state index contributed by atoms with van der Waals surface area (Å²) in [6.07, 6.45) is -1.70. The van der Waals surface area contributed by atoms with Crippen LogP contribution in [0.2, 0.25) is 0 Å². The van der Waals surface area contributed by atoms with E-state index in [1.807, 2.05) is 0 Å². The van der Waals surface area contributed by atoms with Crippen LogP contribution >= 0.6 is 27.3 Å². The zero-order valence-corrected chi connectivity index (χ0v) is 8.62. The molecule has 0 radical (unpaired) electrons. The van der Waals surface area contributed by atoms with Gasteiger partial charge in [-0.2, -0.15) is 0 Å². The second-order valence-electron chi connectivity index (χ2n) is 2.50. The molecule has 0 aliphatic carbocycles.